The van der Waals surface area contributed by atoms with Gasteiger partial charge in [-0.25, -0.2) is 0 Å². The molecule has 4 nitrogen and oxygen atoms in total. The van der Waals surface area contributed by atoms with Gasteiger partial charge in [-0.3, -0.25) is 4.79 Å². The topological polar surface area (TPSA) is 58.6 Å². The first kappa shape index (κ1) is 14.4. The standard InChI is InChI=1S/C11H23NO3/c1-11(2,10(13)14)9-12-7-5-4-6-8-15-3/h12H,4-9H2,1-3H3,(H,13,14). The third kappa shape index (κ3) is 7.33. The van der Waals surface area contributed by atoms with Gasteiger partial charge in [0.25, 0.3) is 0 Å². The number of carboxylic acids is 1. The highest BCUT2D eigenvalue weighted by Crippen LogP contribution is 2.12. The molecule has 0 aromatic heterocycles. The quantitative estimate of drug-likeness (QED) is 0.575. The summed E-state index contributed by atoms with van der Waals surface area (Å²) in [5, 5.41) is 12.0. The second-order valence-corrected chi connectivity index (χ2v) is 4.42. The molecule has 0 saturated carbocycles. The van der Waals surface area contributed by atoms with Crippen LogP contribution in [0.5, 0.6) is 0 Å². The first-order chi connectivity index (χ1) is 7.00. The van der Waals surface area contributed by atoms with Crippen molar-refractivity contribution in [2.24, 2.45) is 5.41 Å². The van der Waals surface area contributed by atoms with Crippen molar-refractivity contribution in [1.29, 1.82) is 0 Å². The van der Waals surface area contributed by atoms with Crippen molar-refractivity contribution < 1.29 is 14.6 Å². The lowest BCUT2D eigenvalue weighted by molar-refractivity contribution is -0.146. The minimum atomic E-state index is -0.755. The van der Waals surface area contributed by atoms with E-state index in [1.54, 1.807) is 21.0 Å². The Morgan fingerprint density at radius 2 is 2.00 bits per heavy atom. The van der Waals surface area contributed by atoms with E-state index in [0.29, 0.717) is 6.54 Å². The van der Waals surface area contributed by atoms with Crippen LogP contribution in [0.2, 0.25) is 0 Å². The second-order valence-electron chi connectivity index (χ2n) is 4.42. The maximum Gasteiger partial charge on any atom is 0.310 e. The van der Waals surface area contributed by atoms with Crippen molar-refractivity contribution in [1.82, 2.24) is 5.32 Å². The number of methoxy groups -OCH3 is 1. The van der Waals surface area contributed by atoms with Crippen LogP contribution in [0, 0.1) is 5.41 Å². The molecule has 0 unspecified atom stereocenters. The molecule has 15 heavy (non-hydrogen) atoms. The number of aliphatic carboxylic acids is 1. The Labute approximate surface area is 92.0 Å². The van der Waals surface area contributed by atoms with E-state index in [-0.39, 0.29) is 0 Å². The zero-order chi connectivity index (χ0) is 11.7. The fourth-order valence-electron chi connectivity index (χ4n) is 1.15. The molecule has 0 aromatic rings. The lowest BCUT2D eigenvalue weighted by Gasteiger charge is -2.19. The normalized spacial score (nSPS) is 11.7. The summed E-state index contributed by atoms with van der Waals surface area (Å²) in [7, 11) is 1.70. The van der Waals surface area contributed by atoms with Gasteiger partial charge in [-0.2, -0.15) is 0 Å². The van der Waals surface area contributed by atoms with E-state index in [2.05, 4.69) is 5.32 Å². The molecule has 0 aliphatic heterocycles. The molecule has 90 valence electrons. The smallest absolute Gasteiger partial charge is 0.310 e. The number of carbonyl (C=O) groups is 1. The van der Waals surface area contributed by atoms with E-state index in [1.165, 1.54) is 0 Å². The van der Waals surface area contributed by atoms with Gasteiger partial charge in [-0.1, -0.05) is 0 Å². The Kier molecular flexibility index (Phi) is 7.34. The van der Waals surface area contributed by atoms with Gasteiger partial charge in [0.2, 0.25) is 0 Å². The van der Waals surface area contributed by atoms with E-state index in [9.17, 15) is 4.79 Å². The van der Waals surface area contributed by atoms with Crippen molar-refractivity contribution >= 4 is 5.97 Å². The van der Waals surface area contributed by atoms with Gasteiger partial charge in [0.15, 0.2) is 0 Å². The van der Waals surface area contributed by atoms with Crippen LogP contribution in [0.3, 0.4) is 0 Å². The van der Waals surface area contributed by atoms with Crippen LogP contribution in [0.25, 0.3) is 0 Å². The van der Waals surface area contributed by atoms with Crippen molar-refractivity contribution in [3.8, 4) is 0 Å². The molecule has 0 bridgehead atoms. The molecular weight excluding hydrogens is 194 g/mol. The second kappa shape index (κ2) is 7.65. The monoisotopic (exact) mass is 217 g/mol. The maximum atomic E-state index is 10.8. The predicted molar refractivity (Wildman–Crippen MR) is 60.0 cm³/mol. The van der Waals surface area contributed by atoms with Crippen LogP contribution in [-0.2, 0) is 9.53 Å². The average Bonchev–Trinajstić information content (AvgIpc) is 2.16. The first-order valence-corrected chi connectivity index (χ1v) is 5.44. The number of nitrogens with one attached hydrogen (secondary N) is 1. The number of carboxylic acid groups (broad SMARTS) is 1. The van der Waals surface area contributed by atoms with Crippen molar-refractivity contribution in [2.45, 2.75) is 33.1 Å². The Morgan fingerprint density at radius 1 is 1.33 bits per heavy atom. The van der Waals surface area contributed by atoms with Crippen LogP contribution in [-0.4, -0.2) is 37.9 Å². The van der Waals surface area contributed by atoms with Crippen LogP contribution < -0.4 is 5.32 Å². The molecule has 0 saturated heterocycles. The van der Waals surface area contributed by atoms with Crippen molar-refractivity contribution in [3.05, 3.63) is 0 Å². The van der Waals surface area contributed by atoms with Gasteiger partial charge in [-0.05, 0) is 39.7 Å². The maximum absolute atomic E-state index is 10.8. The summed E-state index contributed by atoms with van der Waals surface area (Å²) in [5.74, 6) is -0.755. The highest BCUT2D eigenvalue weighted by Gasteiger charge is 2.25. The minimum absolute atomic E-state index is 0.520. The summed E-state index contributed by atoms with van der Waals surface area (Å²) in [6.07, 6.45) is 3.26. The van der Waals surface area contributed by atoms with E-state index in [4.69, 9.17) is 9.84 Å². The summed E-state index contributed by atoms with van der Waals surface area (Å²) in [6, 6.07) is 0. The number of ether oxygens (including phenoxy) is 1. The summed E-state index contributed by atoms with van der Waals surface area (Å²) in [6.45, 7) is 5.66. The number of hydrogen-bond acceptors (Lipinski definition) is 3. The summed E-state index contributed by atoms with van der Waals surface area (Å²) in [5.41, 5.74) is -0.674. The van der Waals surface area contributed by atoms with E-state index in [1.807, 2.05) is 0 Å². The Morgan fingerprint density at radius 3 is 2.53 bits per heavy atom. The van der Waals surface area contributed by atoms with E-state index >= 15 is 0 Å². The van der Waals surface area contributed by atoms with Crippen LogP contribution >= 0.6 is 0 Å². The molecule has 0 spiro atoms. The number of unbranched alkanes of at least 4 members (excludes halogenated alkanes) is 2. The molecule has 4 heteroatoms. The highest BCUT2D eigenvalue weighted by molar-refractivity contribution is 5.73. The Bertz CT molecular complexity index is 181. The van der Waals surface area contributed by atoms with Gasteiger partial charge < -0.3 is 15.2 Å². The summed E-state index contributed by atoms with van der Waals surface area (Å²) >= 11 is 0. The predicted octanol–water partition coefficient (Wildman–Crippen LogP) is 1.50. The Hall–Kier alpha value is -0.610. The molecule has 0 rings (SSSR count). The van der Waals surface area contributed by atoms with Gasteiger partial charge in [-0.15, -0.1) is 0 Å². The zero-order valence-electron chi connectivity index (χ0n) is 10.0. The van der Waals surface area contributed by atoms with Crippen molar-refractivity contribution in [3.63, 3.8) is 0 Å². The van der Waals surface area contributed by atoms with Crippen LogP contribution in [0.15, 0.2) is 0 Å². The summed E-state index contributed by atoms with van der Waals surface area (Å²) in [4.78, 5) is 10.8. The van der Waals surface area contributed by atoms with Gasteiger partial charge in [0.1, 0.15) is 0 Å². The minimum Gasteiger partial charge on any atom is -0.481 e. The highest BCUT2D eigenvalue weighted by atomic mass is 16.5. The molecule has 0 radical (unpaired) electrons. The lowest BCUT2D eigenvalue weighted by atomic mass is 9.94. The molecule has 0 atom stereocenters. The zero-order valence-corrected chi connectivity index (χ0v) is 10.0. The molecular formula is C11H23NO3. The molecule has 0 aliphatic carbocycles. The third-order valence-electron chi connectivity index (χ3n) is 2.35. The van der Waals surface area contributed by atoms with Gasteiger partial charge >= 0.3 is 5.97 Å². The summed E-state index contributed by atoms with van der Waals surface area (Å²) < 4.78 is 4.94. The molecule has 0 amide bonds. The van der Waals surface area contributed by atoms with Crippen LogP contribution in [0.1, 0.15) is 33.1 Å². The van der Waals surface area contributed by atoms with E-state index < -0.39 is 11.4 Å². The molecule has 0 aromatic carbocycles. The fraction of sp³-hybridized carbons (Fsp3) is 0.909. The fourth-order valence-corrected chi connectivity index (χ4v) is 1.15. The van der Waals surface area contributed by atoms with E-state index in [0.717, 1.165) is 32.4 Å². The van der Waals surface area contributed by atoms with Gasteiger partial charge in [0, 0.05) is 20.3 Å². The average molecular weight is 217 g/mol. The lowest BCUT2D eigenvalue weighted by Crippen LogP contribution is -2.36. The van der Waals surface area contributed by atoms with Crippen LogP contribution in [0.4, 0.5) is 0 Å². The SMILES string of the molecule is COCCCCCNCC(C)(C)C(=O)O. The molecule has 0 heterocycles. The van der Waals surface area contributed by atoms with Crippen molar-refractivity contribution in [2.75, 3.05) is 26.8 Å². The molecule has 0 fully saturated rings. The molecule has 2 N–H and O–H groups in total. The Balaban J connectivity index is 3.35. The number of hydrogen-bond donors (Lipinski definition) is 2. The molecule has 0 aliphatic rings. The third-order valence-corrected chi connectivity index (χ3v) is 2.35. The van der Waals surface area contributed by atoms with Gasteiger partial charge in [0.05, 0.1) is 5.41 Å². The first-order valence-electron chi connectivity index (χ1n) is 5.44. The largest absolute Gasteiger partial charge is 0.481 e. The number of rotatable bonds is 9.